The van der Waals surface area contributed by atoms with Gasteiger partial charge >= 0.3 is 0 Å². The Morgan fingerprint density at radius 1 is 1.33 bits per heavy atom. The molecule has 12 heavy (non-hydrogen) atoms. The Bertz CT molecular complexity index is 293. The Labute approximate surface area is 71.0 Å². The molecule has 0 fully saturated rings. The zero-order valence-corrected chi connectivity index (χ0v) is 6.94. The van der Waals surface area contributed by atoms with Crippen LogP contribution in [-0.2, 0) is 0 Å². The number of likely N-dealkylation sites (N-methyl/N-ethyl adjacent to an activating group) is 1. The molecule has 0 spiro atoms. The predicted molar refractivity (Wildman–Crippen MR) is 46.1 cm³/mol. The van der Waals surface area contributed by atoms with Crippen molar-refractivity contribution >= 4 is 5.84 Å². The van der Waals surface area contributed by atoms with E-state index in [1.807, 2.05) is 7.05 Å². The van der Waals surface area contributed by atoms with E-state index in [2.05, 4.69) is 19.9 Å². The molecular weight excluding hydrogens is 152 g/mol. The van der Waals surface area contributed by atoms with Crippen LogP contribution >= 0.6 is 0 Å². The van der Waals surface area contributed by atoms with Gasteiger partial charge in [-0.2, -0.15) is 0 Å². The summed E-state index contributed by atoms with van der Waals surface area (Å²) >= 11 is 0. The molecule has 62 valence electrons. The molecular formula is C8H10N4. The highest BCUT2D eigenvalue weighted by molar-refractivity contribution is 5.99. The molecule has 1 aromatic rings. The summed E-state index contributed by atoms with van der Waals surface area (Å²) in [4.78, 5) is 14.3. The standard InChI is InChI=1S/C8H10N4/c1-12-3-2-11-8(12)7-4-9-6-10-5-7/h4-6H,2-3H2,1H3. The van der Waals surface area contributed by atoms with Crippen LogP contribution in [0.2, 0.25) is 0 Å². The van der Waals surface area contributed by atoms with Crippen molar-refractivity contribution in [1.29, 1.82) is 0 Å². The van der Waals surface area contributed by atoms with E-state index in [4.69, 9.17) is 0 Å². The van der Waals surface area contributed by atoms with Gasteiger partial charge in [-0.25, -0.2) is 9.97 Å². The second-order valence-electron chi connectivity index (χ2n) is 2.75. The topological polar surface area (TPSA) is 41.4 Å². The van der Waals surface area contributed by atoms with Crippen LogP contribution < -0.4 is 0 Å². The summed E-state index contributed by atoms with van der Waals surface area (Å²) in [6.45, 7) is 1.87. The Kier molecular flexibility index (Phi) is 1.74. The first-order valence-electron chi connectivity index (χ1n) is 3.89. The first-order valence-corrected chi connectivity index (χ1v) is 3.89. The summed E-state index contributed by atoms with van der Waals surface area (Å²) in [5.41, 5.74) is 0.998. The fraction of sp³-hybridized carbons (Fsp3) is 0.375. The third-order valence-electron chi connectivity index (χ3n) is 1.88. The van der Waals surface area contributed by atoms with Crippen LogP contribution in [-0.4, -0.2) is 40.8 Å². The highest BCUT2D eigenvalue weighted by atomic mass is 15.2. The van der Waals surface area contributed by atoms with Crippen molar-refractivity contribution in [2.45, 2.75) is 0 Å². The molecule has 0 bridgehead atoms. The molecule has 1 aromatic heterocycles. The fourth-order valence-electron chi connectivity index (χ4n) is 1.26. The monoisotopic (exact) mass is 162 g/mol. The lowest BCUT2D eigenvalue weighted by molar-refractivity contribution is 0.556. The molecule has 0 atom stereocenters. The molecule has 0 saturated carbocycles. The zero-order chi connectivity index (χ0) is 8.39. The number of hydrogen-bond donors (Lipinski definition) is 0. The van der Waals surface area contributed by atoms with Crippen molar-refractivity contribution in [3.8, 4) is 0 Å². The molecule has 0 N–H and O–H groups in total. The van der Waals surface area contributed by atoms with Gasteiger partial charge < -0.3 is 4.90 Å². The van der Waals surface area contributed by atoms with Crippen molar-refractivity contribution in [3.63, 3.8) is 0 Å². The quantitative estimate of drug-likeness (QED) is 0.591. The number of amidine groups is 1. The summed E-state index contributed by atoms with van der Waals surface area (Å²) in [6, 6.07) is 0. The highest BCUT2D eigenvalue weighted by Crippen LogP contribution is 2.06. The van der Waals surface area contributed by atoms with E-state index in [1.54, 1.807) is 12.4 Å². The van der Waals surface area contributed by atoms with Gasteiger partial charge in [-0.1, -0.05) is 0 Å². The highest BCUT2D eigenvalue weighted by Gasteiger charge is 2.13. The van der Waals surface area contributed by atoms with Crippen molar-refractivity contribution in [1.82, 2.24) is 14.9 Å². The van der Waals surface area contributed by atoms with Crippen molar-refractivity contribution < 1.29 is 0 Å². The van der Waals surface area contributed by atoms with Crippen LogP contribution in [0.25, 0.3) is 0 Å². The molecule has 0 amide bonds. The van der Waals surface area contributed by atoms with Gasteiger partial charge in [0.1, 0.15) is 12.2 Å². The van der Waals surface area contributed by atoms with E-state index in [-0.39, 0.29) is 0 Å². The van der Waals surface area contributed by atoms with E-state index in [9.17, 15) is 0 Å². The third kappa shape index (κ3) is 1.15. The van der Waals surface area contributed by atoms with Crippen molar-refractivity contribution in [2.75, 3.05) is 20.1 Å². The van der Waals surface area contributed by atoms with Crippen LogP contribution in [0.15, 0.2) is 23.7 Å². The summed E-state index contributed by atoms with van der Waals surface area (Å²) in [6.07, 6.45) is 5.10. The lowest BCUT2D eigenvalue weighted by Crippen LogP contribution is -2.23. The van der Waals surface area contributed by atoms with Gasteiger partial charge in [0.2, 0.25) is 0 Å². The summed E-state index contributed by atoms with van der Waals surface area (Å²) in [5, 5.41) is 0. The lowest BCUT2D eigenvalue weighted by atomic mass is 10.3. The molecule has 0 radical (unpaired) electrons. The summed E-state index contributed by atoms with van der Waals surface area (Å²) in [7, 11) is 2.03. The zero-order valence-electron chi connectivity index (χ0n) is 6.94. The maximum absolute atomic E-state index is 4.35. The Balaban J connectivity index is 2.31. The van der Waals surface area contributed by atoms with Gasteiger partial charge in [-0.15, -0.1) is 0 Å². The minimum atomic E-state index is 0.876. The first kappa shape index (κ1) is 7.21. The second-order valence-corrected chi connectivity index (χ2v) is 2.75. The molecule has 1 aliphatic heterocycles. The lowest BCUT2D eigenvalue weighted by Gasteiger charge is -2.12. The average Bonchev–Trinajstić information content (AvgIpc) is 2.53. The molecule has 2 rings (SSSR count). The number of hydrogen-bond acceptors (Lipinski definition) is 4. The van der Waals surface area contributed by atoms with E-state index < -0.39 is 0 Å². The van der Waals surface area contributed by atoms with E-state index in [1.165, 1.54) is 6.33 Å². The first-order chi connectivity index (χ1) is 5.88. The molecule has 4 heteroatoms. The molecule has 0 aromatic carbocycles. The van der Waals surface area contributed by atoms with Crippen LogP contribution in [0.5, 0.6) is 0 Å². The maximum atomic E-state index is 4.35. The van der Waals surface area contributed by atoms with Gasteiger partial charge in [-0.3, -0.25) is 4.99 Å². The van der Waals surface area contributed by atoms with E-state index >= 15 is 0 Å². The van der Waals surface area contributed by atoms with Crippen molar-refractivity contribution in [2.24, 2.45) is 4.99 Å². The molecule has 0 aliphatic carbocycles. The van der Waals surface area contributed by atoms with Gasteiger partial charge in [0.25, 0.3) is 0 Å². The van der Waals surface area contributed by atoms with Crippen LogP contribution in [0.1, 0.15) is 5.56 Å². The van der Waals surface area contributed by atoms with Crippen LogP contribution in [0.3, 0.4) is 0 Å². The Morgan fingerprint density at radius 3 is 2.67 bits per heavy atom. The predicted octanol–water partition coefficient (Wildman–Crippen LogP) is 0.169. The van der Waals surface area contributed by atoms with Gasteiger partial charge in [0.15, 0.2) is 0 Å². The smallest absolute Gasteiger partial charge is 0.133 e. The number of aliphatic imine (C=N–C) groups is 1. The maximum Gasteiger partial charge on any atom is 0.133 e. The summed E-state index contributed by atoms with van der Waals surface area (Å²) < 4.78 is 0. The molecule has 1 aliphatic rings. The number of rotatable bonds is 1. The fourth-order valence-corrected chi connectivity index (χ4v) is 1.26. The minimum Gasteiger partial charge on any atom is -0.358 e. The van der Waals surface area contributed by atoms with Gasteiger partial charge in [0, 0.05) is 26.0 Å². The average molecular weight is 162 g/mol. The van der Waals surface area contributed by atoms with Gasteiger partial charge in [-0.05, 0) is 0 Å². The Hall–Kier alpha value is -1.45. The second kappa shape index (κ2) is 2.89. The summed E-state index contributed by atoms with van der Waals surface area (Å²) in [5.74, 6) is 0.996. The number of nitrogens with zero attached hydrogens (tertiary/aromatic N) is 4. The largest absolute Gasteiger partial charge is 0.358 e. The minimum absolute atomic E-state index is 0.876. The molecule has 4 nitrogen and oxygen atoms in total. The van der Waals surface area contributed by atoms with Crippen molar-refractivity contribution in [3.05, 3.63) is 24.3 Å². The molecule has 2 heterocycles. The SMILES string of the molecule is CN1CCN=C1c1cncnc1. The van der Waals surface area contributed by atoms with E-state index in [0.717, 1.165) is 24.5 Å². The van der Waals surface area contributed by atoms with E-state index in [0.29, 0.717) is 0 Å². The molecule has 0 unspecified atom stereocenters. The van der Waals surface area contributed by atoms with Gasteiger partial charge in [0.05, 0.1) is 12.1 Å². The Morgan fingerprint density at radius 2 is 2.08 bits per heavy atom. The number of aromatic nitrogens is 2. The van der Waals surface area contributed by atoms with Crippen LogP contribution in [0, 0.1) is 0 Å². The third-order valence-corrected chi connectivity index (χ3v) is 1.88. The normalized spacial score (nSPS) is 16.4. The van der Waals surface area contributed by atoms with Crippen LogP contribution in [0.4, 0.5) is 0 Å². The molecule has 0 saturated heterocycles.